The fraction of sp³-hybridized carbons (Fsp3) is 0.136. The van der Waals surface area contributed by atoms with Crippen molar-refractivity contribution in [1.29, 1.82) is 5.26 Å². The van der Waals surface area contributed by atoms with Crippen LogP contribution in [0.1, 0.15) is 29.3 Å². The minimum absolute atomic E-state index is 0.243. The largest absolute Gasteiger partial charge is 0.482 e. The molecule has 29 heavy (non-hydrogen) atoms. The zero-order chi connectivity index (χ0) is 20.2. The highest BCUT2D eigenvalue weighted by atomic mass is 35.5. The lowest BCUT2D eigenvalue weighted by atomic mass is 10.0. The van der Waals surface area contributed by atoms with Gasteiger partial charge in [-0.1, -0.05) is 35.9 Å². The third-order valence-corrected chi connectivity index (χ3v) is 4.83. The Morgan fingerprint density at radius 1 is 1.21 bits per heavy atom. The van der Waals surface area contributed by atoms with Gasteiger partial charge in [0.25, 0.3) is 5.91 Å². The molecule has 0 N–H and O–H groups in total. The second-order valence-corrected chi connectivity index (χ2v) is 6.86. The number of para-hydroxylation sites is 1. The zero-order valence-corrected chi connectivity index (χ0v) is 16.0. The number of amides is 1. The molecule has 0 aliphatic carbocycles. The maximum atomic E-state index is 12.9. The van der Waals surface area contributed by atoms with Crippen molar-refractivity contribution < 1.29 is 13.9 Å². The number of furan rings is 1. The van der Waals surface area contributed by atoms with Crippen molar-refractivity contribution in [3.63, 3.8) is 0 Å². The maximum Gasteiger partial charge on any atom is 0.281 e. The van der Waals surface area contributed by atoms with Gasteiger partial charge < -0.3 is 9.15 Å². The number of ether oxygens (including phenoxy) is 1. The first-order chi connectivity index (χ1) is 14.2. The number of halogens is 1. The van der Waals surface area contributed by atoms with Crippen molar-refractivity contribution in [2.24, 2.45) is 5.10 Å². The molecular weight excluding hydrogens is 390 g/mol. The van der Waals surface area contributed by atoms with Crippen LogP contribution in [-0.4, -0.2) is 23.2 Å². The molecule has 1 atom stereocenters. The van der Waals surface area contributed by atoms with Crippen molar-refractivity contribution in [1.82, 2.24) is 5.01 Å². The number of nitriles is 1. The molecule has 1 aromatic heterocycles. The first kappa shape index (κ1) is 18.8. The number of nitrogens with zero attached hydrogens (tertiary/aromatic N) is 3. The SMILES string of the molecule is N#Cc1ccccc1OCC(=O)N1N=C(c2ccc(Cl)cc2)C[C@H]1c1ccco1. The Morgan fingerprint density at radius 2 is 2.00 bits per heavy atom. The van der Waals surface area contributed by atoms with E-state index in [9.17, 15) is 10.1 Å². The van der Waals surface area contributed by atoms with Gasteiger partial charge in [0, 0.05) is 11.4 Å². The van der Waals surface area contributed by atoms with Gasteiger partial charge in [0.1, 0.15) is 23.6 Å². The summed E-state index contributed by atoms with van der Waals surface area (Å²) in [6.45, 7) is -0.243. The number of rotatable bonds is 5. The molecule has 1 amide bonds. The van der Waals surface area contributed by atoms with E-state index < -0.39 is 0 Å². The summed E-state index contributed by atoms with van der Waals surface area (Å²) in [4.78, 5) is 12.9. The van der Waals surface area contributed by atoms with Crippen LogP contribution in [-0.2, 0) is 4.79 Å². The lowest BCUT2D eigenvalue weighted by molar-refractivity contribution is -0.135. The Morgan fingerprint density at radius 3 is 2.72 bits per heavy atom. The van der Waals surface area contributed by atoms with E-state index in [0.29, 0.717) is 28.5 Å². The van der Waals surface area contributed by atoms with Crippen LogP contribution in [0.15, 0.2) is 76.4 Å². The Hall–Kier alpha value is -3.56. The Bertz CT molecular complexity index is 1090. The van der Waals surface area contributed by atoms with Gasteiger partial charge in [0.05, 0.1) is 17.5 Å². The molecule has 0 saturated carbocycles. The standard InChI is InChI=1S/C22H16ClN3O3/c23-17-9-7-15(8-10-17)18-12-19(21-6-3-11-28-21)26(25-18)22(27)14-29-20-5-2-1-4-16(20)13-24/h1-11,19H,12,14H2/t19-/m0/s1. The average Bonchev–Trinajstić information content (AvgIpc) is 3.42. The molecule has 6 nitrogen and oxygen atoms in total. The van der Waals surface area contributed by atoms with Crippen LogP contribution < -0.4 is 4.74 Å². The summed E-state index contributed by atoms with van der Waals surface area (Å²) < 4.78 is 11.1. The molecule has 1 aliphatic heterocycles. The van der Waals surface area contributed by atoms with Gasteiger partial charge in [-0.05, 0) is 42.0 Å². The minimum Gasteiger partial charge on any atom is -0.482 e. The Balaban J connectivity index is 1.56. The van der Waals surface area contributed by atoms with Crippen LogP contribution in [0.3, 0.4) is 0 Å². The van der Waals surface area contributed by atoms with E-state index in [1.54, 1.807) is 48.7 Å². The van der Waals surface area contributed by atoms with Crippen molar-refractivity contribution in [3.05, 3.63) is 88.8 Å². The molecular formula is C22H16ClN3O3. The third kappa shape index (κ3) is 4.00. The molecule has 0 fully saturated rings. The number of carbonyl (C=O) groups is 1. The molecule has 7 heteroatoms. The van der Waals surface area contributed by atoms with Crippen molar-refractivity contribution in [2.75, 3.05) is 6.61 Å². The van der Waals surface area contributed by atoms with Crippen LogP contribution in [0.25, 0.3) is 0 Å². The summed E-state index contributed by atoms with van der Waals surface area (Å²) in [7, 11) is 0. The number of hydrazone groups is 1. The maximum absolute atomic E-state index is 12.9. The molecule has 0 saturated heterocycles. The summed E-state index contributed by atoms with van der Waals surface area (Å²) >= 11 is 5.97. The summed E-state index contributed by atoms with van der Waals surface area (Å²) in [6.07, 6.45) is 2.08. The lowest BCUT2D eigenvalue weighted by Crippen LogP contribution is -2.31. The van der Waals surface area contributed by atoms with E-state index in [2.05, 4.69) is 5.10 Å². The predicted octanol–water partition coefficient (Wildman–Crippen LogP) is 4.56. The van der Waals surface area contributed by atoms with E-state index in [-0.39, 0.29) is 18.6 Å². The van der Waals surface area contributed by atoms with Crippen LogP contribution in [0.5, 0.6) is 5.75 Å². The molecule has 3 aromatic rings. The van der Waals surface area contributed by atoms with Gasteiger partial charge in [-0.15, -0.1) is 0 Å². The number of carbonyl (C=O) groups excluding carboxylic acids is 1. The van der Waals surface area contributed by atoms with Gasteiger partial charge in [-0.2, -0.15) is 10.4 Å². The molecule has 0 radical (unpaired) electrons. The van der Waals surface area contributed by atoms with Crippen molar-refractivity contribution >= 4 is 23.2 Å². The van der Waals surface area contributed by atoms with Crippen molar-refractivity contribution in [3.8, 4) is 11.8 Å². The Kier molecular flexibility index (Phi) is 5.32. The van der Waals surface area contributed by atoms with Crippen LogP contribution >= 0.6 is 11.6 Å². The number of hydrogen-bond acceptors (Lipinski definition) is 5. The molecule has 1 aliphatic rings. The second-order valence-electron chi connectivity index (χ2n) is 6.42. The molecule has 2 heterocycles. The monoisotopic (exact) mass is 405 g/mol. The van der Waals surface area contributed by atoms with E-state index in [4.69, 9.17) is 20.8 Å². The average molecular weight is 406 g/mol. The molecule has 0 spiro atoms. The molecule has 4 rings (SSSR count). The highest BCUT2D eigenvalue weighted by molar-refractivity contribution is 6.30. The third-order valence-electron chi connectivity index (χ3n) is 4.57. The van der Waals surface area contributed by atoms with Crippen LogP contribution in [0.4, 0.5) is 0 Å². The van der Waals surface area contributed by atoms with E-state index in [1.807, 2.05) is 24.3 Å². The highest BCUT2D eigenvalue weighted by Gasteiger charge is 2.35. The molecule has 2 aromatic carbocycles. The predicted molar refractivity (Wildman–Crippen MR) is 108 cm³/mol. The first-order valence-electron chi connectivity index (χ1n) is 8.96. The molecule has 144 valence electrons. The topological polar surface area (TPSA) is 78.8 Å². The normalized spacial score (nSPS) is 15.7. The Labute approximate surface area is 172 Å². The highest BCUT2D eigenvalue weighted by Crippen LogP contribution is 2.33. The van der Waals surface area contributed by atoms with Gasteiger partial charge in [-0.3, -0.25) is 4.79 Å². The van der Waals surface area contributed by atoms with E-state index in [1.165, 1.54) is 5.01 Å². The van der Waals surface area contributed by atoms with Gasteiger partial charge >= 0.3 is 0 Å². The van der Waals surface area contributed by atoms with Gasteiger partial charge in [-0.25, -0.2) is 5.01 Å². The quantitative estimate of drug-likeness (QED) is 0.623. The number of benzene rings is 2. The van der Waals surface area contributed by atoms with Gasteiger partial charge in [0.15, 0.2) is 6.61 Å². The second kappa shape index (κ2) is 8.21. The fourth-order valence-electron chi connectivity index (χ4n) is 3.15. The van der Waals surface area contributed by atoms with Crippen LogP contribution in [0, 0.1) is 11.3 Å². The first-order valence-corrected chi connectivity index (χ1v) is 9.34. The summed E-state index contributed by atoms with van der Waals surface area (Å²) in [5, 5.41) is 15.7. The van der Waals surface area contributed by atoms with E-state index in [0.717, 1.165) is 11.3 Å². The van der Waals surface area contributed by atoms with Crippen LogP contribution in [0.2, 0.25) is 5.02 Å². The summed E-state index contributed by atoms with van der Waals surface area (Å²) in [6, 6.07) is 19.4. The lowest BCUT2D eigenvalue weighted by Gasteiger charge is -2.20. The fourth-order valence-corrected chi connectivity index (χ4v) is 3.28. The smallest absolute Gasteiger partial charge is 0.281 e. The van der Waals surface area contributed by atoms with E-state index >= 15 is 0 Å². The number of hydrogen-bond donors (Lipinski definition) is 0. The molecule has 0 bridgehead atoms. The minimum atomic E-state index is -0.363. The molecule has 0 unspecified atom stereocenters. The zero-order valence-electron chi connectivity index (χ0n) is 15.3. The van der Waals surface area contributed by atoms with Crippen molar-refractivity contribution in [2.45, 2.75) is 12.5 Å². The van der Waals surface area contributed by atoms with Gasteiger partial charge in [0.2, 0.25) is 0 Å². The summed E-state index contributed by atoms with van der Waals surface area (Å²) in [5.74, 6) is 0.672. The summed E-state index contributed by atoms with van der Waals surface area (Å²) in [5.41, 5.74) is 2.01.